The van der Waals surface area contributed by atoms with Crippen LogP contribution in [0, 0.1) is 6.92 Å². The number of nitrogens with one attached hydrogen (secondary N) is 1. The number of hydrogen-bond donors (Lipinski definition) is 2. The molecule has 7 nitrogen and oxygen atoms in total. The number of fused-ring (bicyclic) bond motifs is 1. The summed E-state index contributed by atoms with van der Waals surface area (Å²) in [6.07, 6.45) is 3.68. The number of carbonyl (C=O) groups excluding carboxylic acids is 1. The zero-order valence-electron chi connectivity index (χ0n) is 17.0. The van der Waals surface area contributed by atoms with Gasteiger partial charge in [-0.1, -0.05) is 24.6 Å². The molecule has 1 atom stereocenters. The maximum atomic E-state index is 12.5. The van der Waals surface area contributed by atoms with Crippen LogP contribution in [0.15, 0.2) is 12.1 Å². The Bertz CT molecular complexity index is 919. The summed E-state index contributed by atoms with van der Waals surface area (Å²) in [5.41, 5.74) is 6.47. The predicted molar refractivity (Wildman–Crippen MR) is 114 cm³/mol. The van der Waals surface area contributed by atoms with E-state index in [4.69, 9.17) is 21.5 Å². The van der Waals surface area contributed by atoms with Gasteiger partial charge in [-0.3, -0.25) is 14.3 Å². The van der Waals surface area contributed by atoms with Crippen molar-refractivity contribution in [2.75, 3.05) is 23.3 Å². The number of amides is 1. The van der Waals surface area contributed by atoms with Crippen LogP contribution in [0.4, 0.5) is 11.4 Å². The van der Waals surface area contributed by atoms with E-state index in [2.05, 4.69) is 41.3 Å². The van der Waals surface area contributed by atoms with E-state index in [1.165, 1.54) is 18.5 Å². The highest BCUT2D eigenvalue weighted by Crippen LogP contribution is 2.44. The van der Waals surface area contributed by atoms with E-state index in [0.717, 1.165) is 47.6 Å². The van der Waals surface area contributed by atoms with Gasteiger partial charge in [0.05, 0.1) is 5.69 Å². The van der Waals surface area contributed by atoms with Crippen molar-refractivity contribution in [2.24, 2.45) is 7.05 Å². The predicted octanol–water partition coefficient (Wildman–Crippen LogP) is 3.72. The second kappa shape index (κ2) is 8.86. The lowest BCUT2D eigenvalue weighted by atomic mass is 9.83. The van der Waals surface area contributed by atoms with Crippen molar-refractivity contribution in [1.29, 1.82) is 0 Å². The molecule has 2 aliphatic rings. The first kappa shape index (κ1) is 21.2. The molecule has 0 aliphatic carbocycles. The van der Waals surface area contributed by atoms with Crippen molar-refractivity contribution < 1.29 is 14.7 Å². The Labute approximate surface area is 175 Å². The molecule has 2 aromatic rings. The topological polar surface area (TPSA) is 87.5 Å². The van der Waals surface area contributed by atoms with Crippen molar-refractivity contribution in [1.82, 2.24) is 9.78 Å². The molecule has 0 spiro atoms. The monoisotopic (exact) mass is 418 g/mol. The Hall–Kier alpha value is -2.54. The number of aromatic nitrogens is 2. The SMILES string of the molecule is CCc1nn(C)c(Cl)c1C1CC(=O)Nc2c1ccc(N1CCCC1)c2C.O=CO. The third-order valence-corrected chi connectivity index (χ3v) is 6.16. The number of carbonyl (C=O) groups is 2. The number of carboxylic acid groups (broad SMARTS) is 1. The summed E-state index contributed by atoms with van der Waals surface area (Å²) in [5, 5.41) is 15.2. The number of nitrogens with zero attached hydrogens (tertiary/aromatic N) is 3. The summed E-state index contributed by atoms with van der Waals surface area (Å²) < 4.78 is 1.72. The first-order valence-corrected chi connectivity index (χ1v) is 10.3. The fraction of sp³-hybridized carbons (Fsp3) is 0.476. The van der Waals surface area contributed by atoms with Crippen molar-refractivity contribution in [3.63, 3.8) is 0 Å². The van der Waals surface area contributed by atoms with Crippen LogP contribution in [-0.2, 0) is 23.1 Å². The van der Waals surface area contributed by atoms with Gasteiger partial charge in [-0.05, 0) is 43.4 Å². The molecule has 1 aromatic carbocycles. The van der Waals surface area contributed by atoms with E-state index in [0.29, 0.717) is 11.6 Å². The fourth-order valence-corrected chi connectivity index (χ4v) is 4.68. The minimum Gasteiger partial charge on any atom is -0.483 e. The largest absolute Gasteiger partial charge is 0.483 e. The van der Waals surface area contributed by atoms with Crippen LogP contribution in [0.3, 0.4) is 0 Å². The third kappa shape index (κ3) is 3.96. The Morgan fingerprint density at radius 1 is 1.34 bits per heavy atom. The zero-order valence-corrected chi connectivity index (χ0v) is 17.8. The molecule has 156 valence electrons. The van der Waals surface area contributed by atoms with Crippen LogP contribution < -0.4 is 10.2 Å². The second-order valence-electron chi connectivity index (χ2n) is 7.41. The third-order valence-electron chi connectivity index (χ3n) is 5.72. The van der Waals surface area contributed by atoms with Gasteiger partial charge in [0.1, 0.15) is 5.15 Å². The fourth-order valence-electron chi connectivity index (χ4n) is 4.40. The molecule has 1 saturated heterocycles. The quantitative estimate of drug-likeness (QED) is 0.742. The minimum atomic E-state index is -0.250. The van der Waals surface area contributed by atoms with Crippen molar-refractivity contribution in [3.05, 3.63) is 39.7 Å². The smallest absolute Gasteiger partial charge is 0.290 e. The average Bonchev–Trinajstić information content (AvgIpc) is 3.31. The molecule has 1 aromatic heterocycles. The van der Waals surface area contributed by atoms with Gasteiger partial charge >= 0.3 is 0 Å². The van der Waals surface area contributed by atoms with Crippen LogP contribution in [0.25, 0.3) is 0 Å². The summed E-state index contributed by atoms with van der Waals surface area (Å²) in [6, 6.07) is 4.38. The molecular formula is C21H27ClN4O3. The van der Waals surface area contributed by atoms with E-state index < -0.39 is 0 Å². The summed E-state index contributed by atoms with van der Waals surface area (Å²) in [5.74, 6) is 0.00683. The number of rotatable bonds is 3. The maximum Gasteiger partial charge on any atom is 0.290 e. The molecule has 8 heteroatoms. The molecule has 29 heavy (non-hydrogen) atoms. The van der Waals surface area contributed by atoms with Gasteiger partial charge in [0.2, 0.25) is 5.91 Å². The summed E-state index contributed by atoms with van der Waals surface area (Å²) in [4.78, 5) is 23.3. The highest BCUT2D eigenvalue weighted by molar-refractivity contribution is 6.30. The summed E-state index contributed by atoms with van der Waals surface area (Å²) in [7, 11) is 1.86. The van der Waals surface area contributed by atoms with Gasteiger partial charge < -0.3 is 15.3 Å². The van der Waals surface area contributed by atoms with E-state index in [1.54, 1.807) is 4.68 Å². The molecule has 1 fully saturated rings. The van der Waals surface area contributed by atoms with E-state index in [-0.39, 0.29) is 18.3 Å². The highest BCUT2D eigenvalue weighted by atomic mass is 35.5. The summed E-state index contributed by atoms with van der Waals surface area (Å²) >= 11 is 6.58. The lowest BCUT2D eigenvalue weighted by Crippen LogP contribution is -2.26. The average molecular weight is 419 g/mol. The standard InChI is InChI=1S/C20H25ClN4O.CH2O2/c1-4-15-18(20(21)24(3)23-15)14-11-17(26)22-19-12(2)16(8-7-13(14)19)25-9-5-6-10-25;2-1-3/h7-8,14H,4-6,9-11H2,1-3H3,(H,22,26);1H,(H,2,3). The van der Waals surface area contributed by atoms with Gasteiger partial charge in [-0.15, -0.1) is 0 Å². The molecule has 3 heterocycles. The minimum absolute atomic E-state index is 0.0405. The van der Waals surface area contributed by atoms with E-state index in [1.807, 2.05) is 7.05 Å². The maximum absolute atomic E-state index is 12.5. The van der Waals surface area contributed by atoms with Crippen LogP contribution in [0.2, 0.25) is 5.15 Å². The molecule has 0 radical (unpaired) electrons. The van der Waals surface area contributed by atoms with Gasteiger partial charge in [-0.2, -0.15) is 5.10 Å². The molecule has 0 bridgehead atoms. The normalized spacial score (nSPS) is 18.0. The summed E-state index contributed by atoms with van der Waals surface area (Å²) in [6.45, 7) is 6.12. The Kier molecular flexibility index (Phi) is 6.47. The number of halogens is 1. The van der Waals surface area contributed by atoms with Gasteiger partial charge in [0, 0.05) is 49.4 Å². The zero-order chi connectivity index (χ0) is 21.1. The second-order valence-corrected chi connectivity index (χ2v) is 7.76. The Morgan fingerprint density at radius 2 is 2.00 bits per heavy atom. The molecule has 1 amide bonds. The van der Waals surface area contributed by atoms with Gasteiger partial charge in [-0.25, -0.2) is 0 Å². The lowest BCUT2D eigenvalue weighted by Gasteiger charge is -2.30. The molecule has 2 aliphatic heterocycles. The van der Waals surface area contributed by atoms with Crippen molar-refractivity contribution in [3.8, 4) is 0 Å². The molecule has 0 saturated carbocycles. The molecule has 2 N–H and O–H groups in total. The number of aryl methyl sites for hydroxylation is 2. The van der Waals surface area contributed by atoms with Crippen LogP contribution in [-0.4, -0.2) is 40.4 Å². The number of anilines is 2. The Morgan fingerprint density at radius 3 is 2.62 bits per heavy atom. The number of benzene rings is 1. The van der Waals surface area contributed by atoms with E-state index in [9.17, 15) is 4.79 Å². The van der Waals surface area contributed by atoms with Gasteiger partial charge in [0.15, 0.2) is 0 Å². The van der Waals surface area contributed by atoms with Crippen LogP contribution >= 0.6 is 11.6 Å². The van der Waals surface area contributed by atoms with Crippen LogP contribution in [0.1, 0.15) is 54.5 Å². The van der Waals surface area contributed by atoms with Crippen LogP contribution in [0.5, 0.6) is 0 Å². The number of hydrogen-bond acceptors (Lipinski definition) is 4. The highest BCUT2D eigenvalue weighted by Gasteiger charge is 2.33. The molecule has 4 rings (SSSR count). The first-order chi connectivity index (χ1) is 13.9. The van der Waals surface area contributed by atoms with Crippen molar-refractivity contribution >= 4 is 35.4 Å². The lowest BCUT2D eigenvalue weighted by molar-refractivity contribution is -0.123. The van der Waals surface area contributed by atoms with Crippen molar-refractivity contribution in [2.45, 2.75) is 45.4 Å². The van der Waals surface area contributed by atoms with E-state index >= 15 is 0 Å². The van der Waals surface area contributed by atoms with Gasteiger partial charge in [0.25, 0.3) is 6.47 Å². The Balaban J connectivity index is 0.000000755. The molecular weight excluding hydrogens is 392 g/mol. The first-order valence-electron chi connectivity index (χ1n) is 9.90. The molecule has 1 unspecified atom stereocenters.